The molecule has 1 aliphatic heterocycles. The smallest absolute Gasteiger partial charge is 0.225 e. The lowest BCUT2D eigenvalue weighted by atomic mass is 9.87. The zero-order valence-corrected chi connectivity index (χ0v) is 19.6. The minimum atomic E-state index is -0.225. The molecule has 0 saturated carbocycles. The second-order valence-electron chi connectivity index (χ2n) is 8.32. The number of benzene rings is 3. The third-order valence-electron chi connectivity index (χ3n) is 6.18. The number of carbonyl (C=O) groups excluding carboxylic acids is 2. The van der Waals surface area contributed by atoms with Gasteiger partial charge in [-0.15, -0.1) is 0 Å². The molecular formula is C28H30N2O4. The molecule has 0 bridgehead atoms. The van der Waals surface area contributed by atoms with Gasteiger partial charge in [-0.05, 0) is 40.8 Å². The molecular weight excluding hydrogens is 428 g/mol. The van der Waals surface area contributed by atoms with E-state index < -0.39 is 0 Å². The standard InChI is InChI=1S/C28H30N2O4/c1-33-24-18-22-14-16-30(27(32)13-15-29-26(31)17-20-9-5-3-6-10-20)28(21-11-7-4-8-12-21)23(22)19-25(24)34-2/h3-12,18-19,28H,13-17H2,1-2H3,(H,29,31). The molecule has 0 fully saturated rings. The van der Waals surface area contributed by atoms with Crippen molar-refractivity contribution in [2.45, 2.75) is 25.3 Å². The van der Waals surface area contributed by atoms with E-state index in [2.05, 4.69) is 5.32 Å². The van der Waals surface area contributed by atoms with Crippen LogP contribution in [0.1, 0.15) is 34.7 Å². The van der Waals surface area contributed by atoms with Gasteiger partial charge in [0.2, 0.25) is 11.8 Å². The van der Waals surface area contributed by atoms with Crippen molar-refractivity contribution < 1.29 is 19.1 Å². The Labute approximate surface area is 200 Å². The molecule has 2 amide bonds. The molecule has 0 aliphatic carbocycles. The highest BCUT2D eigenvalue weighted by Crippen LogP contribution is 2.41. The van der Waals surface area contributed by atoms with Gasteiger partial charge in [-0.1, -0.05) is 60.7 Å². The van der Waals surface area contributed by atoms with E-state index in [1.54, 1.807) is 14.2 Å². The predicted octanol–water partition coefficient (Wildman–Crippen LogP) is 3.93. The van der Waals surface area contributed by atoms with Crippen molar-refractivity contribution in [3.05, 3.63) is 95.1 Å². The van der Waals surface area contributed by atoms with E-state index in [9.17, 15) is 9.59 Å². The fourth-order valence-corrected chi connectivity index (χ4v) is 4.51. The van der Waals surface area contributed by atoms with Crippen LogP contribution in [-0.4, -0.2) is 44.0 Å². The first-order valence-electron chi connectivity index (χ1n) is 11.5. The lowest BCUT2D eigenvalue weighted by Gasteiger charge is -2.38. The van der Waals surface area contributed by atoms with Crippen LogP contribution in [0.25, 0.3) is 0 Å². The molecule has 0 radical (unpaired) electrons. The van der Waals surface area contributed by atoms with Crippen molar-refractivity contribution in [1.29, 1.82) is 0 Å². The van der Waals surface area contributed by atoms with Crippen LogP contribution in [0.5, 0.6) is 11.5 Å². The van der Waals surface area contributed by atoms with Crippen LogP contribution in [0.4, 0.5) is 0 Å². The average molecular weight is 459 g/mol. The molecule has 1 aliphatic rings. The Kier molecular flexibility index (Phi) is 7.48. The van der Waals surface area contributed by atoms with Crippen LogP contribution in [0.3, 0.4) is 0 Å². The Morgan fingerprint density at radius 2 is 1.59 bits per heavy atom. The predicted molar refractivity (Wildman–Crippen MR) is 131 cm³/mol. The number of carbonyl (C=O) groups is 2. The summed E-state index contributed by atoms with van der Waals surface area (Å²) >= 11 is 0. The summed E-state index contributed by atoms with van der Waals surface area (Å²) in [7, 11) is 3.25. The van der Waals surface area contributed by atoms with Crippen LogP contribution in [0.15, 0.2) is 72.8 Å². The quantitative estimate of drug-likeness (QED) is 0.556. The summed E-state index contributed by atoms with van der Waals surface area (Å²) in [5, 5.41) is 2.89. The van der Waals surface area contributed by atoms with Crippen molar-refractivity contribution in [3.63, 3.8) is 0 Å². The lowest BCUT2D eigenvalue weighted by molar-refractivity contribution is -0.133. The van der Waals surface area contributed by atoms with Gasteiger partial charge in [0, 0.05) is 19.5 Å². The monoisotopic (exact) mass is 458 g/mol. The maximum Gasteiger partial charge on any atom is 0.225 e. The second-order valence-corrected chi connectivity index (χ2v) is 8.32. The number of hydrogen-bond donors (Lipinski definition) is 1. The molecule has 6 nitrogen and oxygen atoms in total. The zero-order valence-electron chi connectivity index (χ0n) is 19.6. The second kappa shape index (κ2) is 10.9. The Morgan fingerprint density at radius 1 is 0.941 bits per heavy atom. The number of nitrogens with one attached hydrogen (secondary N) is 1. The molecule has 3 aromatic rings. The summed E-state index contributed by atoms with van der Waals surface area (Å²) in [6.45, 7) is 0.903. The molecule has 0 aromatic heterocycles. The third-order valence-corrected chi connectivity index (χ3v) is 6.18. The molecule has 4 rings (SSSR count). The molecule has 1 heterocycles. The number of hydrogen-bond acceptors (Lipinski definition) is 4. The van der Waals surface area contributed by atoms with Gasteiger partial charge in [0.1, 0.15) is 0 Å². The number of methoxy groups -OCH3 is 2. The summed E-state index contributed by atoms with van der Waals surface area (Å²) in [6.07, 6.45) is 1.28. The average Bonchev–Trinajstić information content (AvgIpc) is 2.88. The SMILES string of the molecule is COc1cc2c(cc1OC)C(c1ccccc1)N(C(=O)CCNC(=O)Cc1ccccc1)CC2. The maximum atomic E-state index is 13.3. The van der Waals surface area contributed by atoms with Crippen molar-refractivity contribution >= 4 is 11.8 Å². The van der Waals surface area contributed by atoms with Gasteiger partial charge < -0.3 is 19.7 Å². The van der Waals surface area contributed by atoms with Crippen LogP contribution >= 0.6 is 0 Å². The molecule has 3 aromatic carbocycles. The van der Waals surface area contributed by atoms with E-state index in [1.807, 2.05) is 77.7 Å². The van der Waals surface area contributed by atoms with Crippen molar-refractivity contribution in [2.24, 2.45) is 0 Å². The van der Waals surface area contributed by atoms with Crippen molar-refractivity contribution in [3.8, 4) is 11.5 Å². The molecule has 0 saturated heterocycles. The summed E-state index contributed by atoms with van der Waals surface area (Å²) in [6, 6.07) is 23.4. The summed E-state index contributed by atoms with van der Waals surface area (Å²) < 4.78 is 11.0. The minimum Gasteiger partial charge on any atom is -0.493 e. The largest absolute Gasteiger partial charge is 0.493 e. The van der Waals surface area contributed by atoms with E-state index >= 15 is 0 Å². The first-order valence-corrected chi connectivity index (χ1v) is 11.5. The van der Waals surface area contributed by atoms with Crippen LogP contribution in [0.2, 0.25) is 0 Å². The van der Waals surface area contributed by atoms with Crippen LogP contribution < -0.4 is 14.8 Å². The molecule has 6 heteroatoms. The fourth-order valence-electron chi connectivity index (χ4n) is 4.51. The minimum absolute atomic E-state index is 0.00861. The van der Waals surface area contributed by atoms with Gasteiger partial charge in [0.05, 0.1) is 26.7 Å². The van der Waals surface area contributed by atoms with E-state index in [-0.39, 0.29) is 24.3 Å². The Morgan fingerprint density at radius 3 is 2.26 bits per heavy atom. The third kappa shape index (κ3) is 5.22. The fraction of sp³-hybridized carbons (Fsp3) is 0.286. The van der Waals surface area contributed by atoms with E-state index in [1.165, 1.54) is 0 Å². The van der Waals surface area contributed by atoms with E-state index in [0.717, 1.165) is 28.7 Å². The summed E-state index contributed by atoms with van der Waals surface area (Å²) in [4.78, 5) is 27.5. The molecule has 1 atom stereocenters. The molecule has 1 N–H and O–H groups in total. The van der Waals surface area contributed by atoms with Gasteiger partial charge >= 0.3 is 0 Å². The molecule has 176 valence electrons. The zero-order chi connectivity index (χ0) is 23.9. The van der Waals surface area contributed by atoms with Gasteiger partial charge in [-0.3, -0.25) is 9.59 Å². The highest BCUT2D eigenvalue weighted by molar-refractivity contribution is 5.81. The number of rotatable bonds is 8. The maximum absolute atomic E-state index is 13.3. The normalized spacial score (nSPS) is 14.8. The van der Waals surface area contributed by atoms with Gasteiger partial charge in [-0.2, -0.15) is 0 Å². The Balaban J connectivity index is 1.50. The number of ether oxygens (including phenoxy) is 2. The topological polar surface area (TPSA) is 67.9 Å². The van der Waals surface area contributed by atoms with Crippen molar-refractivity contribution in [1.82, 2.24) is 10.2 Å². The highest BCUT2D eigenvalue weighted by Gasteiger charge is 2.33. The first-order chi connectivity index (χ1) is 16.6. The van der Waals surface area contributed by atoms with Gasteiger partial charge in [0.25, 0.3) is 0 Å². The van der Waals surface area contributed by atoms with Crippen LogP contribution in [0, 0.1) is 0 Å². The highest BCUT2D eigenvalue weighted by atomic mass is 16.5. The summed E-state index contributed by atoms with van der Waals surface area (Å²) in [5.74, 6) is 1.26. The van der Waals surface area contributed by atoms with Crippen LogP contribution in [-0.2, 0) is 22.4 Å². The Hall–Kier alpha value is -3.80. The van der Waals surface area contributed by atoms with Crippen molar-refractivity contribution in [2.75, 3.05) is 27.3 Å². The van der Waals surface area contributed by atoms with Gasteiger partial charge in [0.15, 0.2) is 11.5 Å². The first kappa shape index (κ1) is 23.4. The number of amides is 2. The number of nitrogens with zero attached hydrogens (tertiary/aromatic N) is 1. The summed E-state index contributed by atoms with van der Waals surface area (Å²) in [5.41, 5.74) is 4.17. The lowest BCUT2D eigenvalue weighted by Crippen LogP contribution is -2.42. The Bertz CT molecular complexity index is 1130. The van der Waals surface area contributed by atoms with Gasteiger partial charge in [-0.25, -0.2) is 0 Å². The van der Waals surface area contributed by atoms with E-state index in [0.29, 0.717) is 31.0 Å². The number of fused-ring (bicyclic) bond motifs is 1. The molecule has 1 unspecified atom stereocenters. The molecule has 0 spiro atoms. The van der Waals surface area contributed by atoms with E-state index in [4.69, 9.17) is 9.47 Å². The molecule has 34 heavy (non-hydrogen) atoms.